The lowest BCUT2D eigenvalue weighted by atomic mass is 9.98. The Kier molecular flexibility index (Phi) is 5.14. The minimum absolute atomic E-state index is 0.281. The number of nitrogens with zero attached hydrogens (tertiary/aromatic N) is 1. The van der Waals surface area contributed by atoms with Gasteiger partial charge < -0.3 is 14.7 Å². The number of ether oxygens (including phenoxy) is 1. The van der Waals surface area contributed by atoms with Gasteiger partial charge in [-0.15, -0.1) is 11.8 Å². The highest BCUT2D eigenvalue weighted by molar-refractivity contribution is 8.00. The molecule has 1 aromatic rings. The Balaban J connectivity index is 2.01. The number of hydrogen-bond acceptors (Lipinski definition) is 6. The number of methoxy groups -OCH3 is 1. The first kappa shape index (κ1) is 18.6. The largest absolute Gasteiger partial charge is 0.497 e. The van der Waals surface area contributed by atoms with Gasteiger partial charge in [0.05, 0.1) is 25.4 Å². The second-order valence-electron chi connectivity index (χ2n) is 5.70. The van der Waals surface area contributed by atoms with Gasteiger partial charge in [-0.1, -0.05) is 0 Å². The standard InChI is InChI=1S/C15H19NO6S2/c1-10(23-12-6-4-11(22-2)5-7-12)13(17)16-8-15(9-16,14(18)19)24(3,20)21/h4-7,10H,8-9H2,1-3H3,(H,18,19). The smallest absolute Gasteiger partial charge is 0.328 e. The molecule has 0 radical (unpaired) electrons. The van der Waals surface area contributed by atoms with Gasteiger partial charge in [0, 0.05) is 11.2 Å². The summed E-state index contributed by atoms with van der Waals surface area (Å²) in [7, 11) is -2.24. The Hall–Kier alpha value is -1.74. The number of rotatable bonds is 6. The van der Waals surface area contributed by atoms with Crippen LogP contribution in [0.1, 0.15) is 6.92 Å². The van der Waals surface area contributed by atoms with Crippen LogP contribution in [0.25, 0.3) is 0 Å². The van der Waals surface area contributed by atoms with Crippen LogP contribution in [0.3, 0.4) is 0 Å². The van der Waals surface area contributed by atoms with Crippen LogP contribution in [-0.4, -0.2) is 66.8 Å². The number of carboxylic acid groups (broad SMARTS) is 1. The minimum atomic E-state index is -3.80. The Morgan fingerprint density at radius 1 is 1.29 bits per heavy atom. The van der Waals surface area contributed by atoms with Gasteiger partial charge in [-0.2, -0.15) is 0 Å². The summed E-state index contributed by atoms with van der Waals surface area (Å²) in [6.07, 6.45) is 0.887. The van der Waals surface area contributed by atoms with E-state index in [4.69, 9.17) is 4.74 Å². The van der Waals surface area contributed by atoms with E-state index in [0.717, 1.165) is 11.2 Å². The number of benzene rings is 1. The number of carbonyl (C=O) groups excluding carboxylic acids is 1. The van der Waals surface area contributed by atoms with Crippen molar-refractivity contribution in [2.24, 2.45) is 0 Å². The van der Waals surface area contributed by atoms with Crippen molar-refractivity contribution >= 4 is 33.5 Å². The van der Waals surface area contributed by atoms with Crippen LogP contribution in [0.15, 0.2) is 29.2 Å². The molecule has 1 aliphatic heterocycles. The number of carboxylic acids is 1. The molecular weight excluding hydrogens is 354 g/mol. The molecule has 0 aromatic heterocycles. The van der Waals surface area contributed by atoms with Crippen molar-refractivity contribution in [3.8, 4) is 5.75 Å². The van der Waals surface area contributed by atoms with E-state index in [0.29, 0.717) is 5.75 Å². The molecule has 0 aliphatic carbocycles. The van der Waals surface area contributed by atoms with Crippen LogP contribution in [0.4, 0.5) is 0 Å². The molecule has 24 heavy (non-hydrogen) atoms. The maximum absolute atomic E-state index is 12.4. The Morgan fingerprint density at radius 3 is 2.25 bits per heavy atom. The lowest BCUT2D eigenvalue weighted by Gasteiger charge is -2.46. The van der Waals surface area contributed by atoms with E-state index in [1.165, 1.54) is 16.7 Å². The molecule has 0 spiro atoms. The fourth-order valence-corrected chi connectivity index (χ4v) is 4.47. The van der Waals surface area contributed by atoms with E-state index in [9.17, 15) is 23.1 Å². The van der Waals surface area contributed by atoms with Gasteiger partial charge in [0.2, 0.25) is 10.7 Å². The molecular formula is C15H19NO6S2. The summed E-state index contributed by atoms with van der Waals surface area (Å²) in [6.45, 7) is 1.08. The summed E-state index contributed by atoms with van der Waals surface area (Å²) in [6, 6.07) is 7.20. The van der Waals surface area contributed by atoms with Gasteiger partial charge in [0.1, 0.15) is 5.75 Å². The molecule has 132 valence electrons. The van der Waals surface area contributed by atoms with Crippen molar-refractivity contribution in [3.05, 3.63) is 24.3 Å². The van der Waals surface area contributed by atoms with Crippen LogP contribution in [-0.2, 0) is 19.4 Å². The first-order valence-electron chi connectivity index (χ1n) is 7.13. The number of thioether (sulfide) groups is 1. The molecule has 1 unspecified atom stereocenters. The van der Waals surface area contributed by atoms with E-state index >= 15 is 0 Å². The molecule has 1 heterocycles. The van der Waals surface area contributed by atoms with E-state index < -0.39 is 25.8 Å². The second kappa shape index (κ2) is 6.64. The molecule has 1 atom stereocenters. The highest BCUT2D eigenvalue weighted by Crippen LogP contribution is 2.33. The molecule has 7 nitrogen and oxygen atoms in total. The summed E-state index contributed by atoms with van der Waals surface area (Å²) in [5.74, 6) is -0.985. The highest BCUT2D eigenvalue weighted by Gasteiger charge is 2.59. The molecule has 0 bridgehead atoms. The zero-order chi connectivity index (χ0) is 18.1. The zero-order valence-corrected chi connectivity index (χ0v) is 15.2. The molecule has 1 N–H and O–H groups in total. The van der Waals surface area contributed by atoms with Gasteiger partial charge in [-0.05, 0) is 31.2 Å². The van der Waals surface area contributed by atoms with Gasteiger partial charge in [0.15, 0.2) is 9.84 Å². The maximum Gasteiger partial charge on any atom is 0.328 e. The highest BCUT2D eigenvalue weighted by atomic mass is 32.2. The number of carbonyl (C=O) groups is 2. The first-order chi connectivity index (χ1) is 11.1. The van der Waals surface area contributed by atoms with Crippen LogP contribution in [0.5, 0.6) is 5.75 Å². The predicted molar refractivity (Wildman–Crippen MR) is 90.1 cm³/mol. The van der Waals surface area contributed by atoms with Crippen molar-refractivity contribution in [1.82, 2.24) is 4.90 Å². The third kappa shape index (κ3) is 3.36. The third-order valence-corrected chi connectivity index (χ3v) is 6.98. The summed E-state index contributed by atoms with van der Waals surface area (Å²) >= 11 is 1.32. The topological polar surface area (TPSA) is 101 Å². The quantitative estimate of drug-likeness (QED) is 0.739. The van der Waals surface area contributed by atoms with Crippen LogP contribution in [0, 0.1) is 0 Å². The summed E-state index contributed by atoms with van der Waals surface area (Å²) in [4.78, 5) is 25.8. The van der Waals surface area contributed by atoms with Gasteiger partial charge in [-0.3, -0.25) is 9.59 Å². The average Bonchev–Trinajstić information content (AvgIpc) is 2.44. The molecule has 0 saturated carbocycles. The first-order valence-corrected chi connectivity index (χ1v) is 9.90. The molecule has 1 aliphatic rings. The van der Waals surface area contributed by atoms with E-state index in [1.807, 2.05) is 12.1 Å². The fraction of sp³-hybridized carbons (Fsp3) is 0.467. The predicted octanol–water partition coefficient (Wildman–Crippen LogP) is 0.886. The Morgan fingerprint density at radius 2 is 1.83 bits per heavy atom. The molecule has 1 saturated heterocycles. The Bertz CT molecular complexity index is 738. The van der Waals surface area contributed by atoms with E-state index in [2.05, 4.69) is 0 Å². The summed E-state index contributed by atoms with van der Waals surface area (Å²) in [5, 5.41) is 8.75. The SMILES string of the molecule is COc1ccc(SC(C)C(=O)N2CC(C(=O)O)(S(C)(=O)=O)C2)cc1. The molecule has 9 heteroatoms. The monoisotopic (exact) mass is 373 g/mol. The molecule has 1 amide bonds. The van der Waals surface area contributed by atoms with Crippen LogP contribution >= 0.6 is 11.8 Å². The fourth-order valence-electron chi connectivity index (χ4n) is 2.42. The van der Waals surface area contributed by atoms with Crippen LogP contribution < -0.4 is 4.74 Å². The molecule has 1 fully saturated rings. The van der Waals surface area contributed by atoms with E-state index in [-0.39, 0.29) is 19.0 Å². The van der Waals surface area contributed by atoms with Crippen molar-refractivity contribution in [2.75, 3.05) is 26.5 Å². The summed E-state index contributed by atoms with van der Waals surface area (Å²) in [5.41, 5.74) is 0. The normalized spacial score (nSPS) is 17.7. The van der Waals surface area contributed by atoms with Gasteiger partial charge >= 0.3 is 5.97 Å². The number of amides is 1. The van der Waals surface area contributed by atoms with Gasteiger partial charge in [-0.25, -0.2) is 8.42 Å². The lowest BCUT2D eigenvalue weighted by molar-refractivity contribution is -0.149. The van der Waals surface area contributed by atoms with Crippen molar-refractivity contribution < 1.29 is 27.9 Å². The maximum atomic E-state index is 12.4. The average molecular weight is 373 g/mol. The van der Waals surface area contributed by atoms with E-state index in [1.54, 1.807) is 26.2 Å². The number of hydrogen-bond donors (Lipinski definition) is 1. The zero-order valence-electron chi connectivity index (χ0n) is 13.6. The third-order valence-electron chi connectivity index (χ3n) is 4.02. The minimum Gasteiger partial charge on any atom is -0.497 e. The van der Waals surface area contributed by atoms with Gasteiger partial charge in [0.25, 0.3) is 0 Å². The summed E-state index contributed by atoms with van der Waals surface area (Å²) < 4.78 is 26.6. The number of likely N-dealkylation sites (tertiary alicyclic amines) is 1. The lowest BCUT2D eigenvalue weighted by Crippen LogP contribution is -2.71. The van der Waals surface area contributed by atoms with Crippen molar-refractivity contribution in [1.29, 1.82) is 0 Å². The number of aliphatic carboxylic acids is 1. The van der Waals surface area contributed by atoms with Crippen LogP contribution in [0.2, 0.25) is 0 Å². The van der Waals surface area contributed by atoms with Crippen molar-refractivity contribution in [2.45, 2.75) is 21.8 Å². The Labute approximate surface area is 144 Å². The van der Waals surface area contributed by atoms with Crippen molar-refractivity contribution in [3.63, 3.8) is 0 Å². The molecule has 2 rings (SSSR count). The number of sulfone groups is 1. The second-order valence-corrected chi connectivity index (χ2v) is 9.44. The molecule has 1 aromatic carbocycles.